The Morgan fingerprint density at radius 3 is 2.73 bits per heavy atom. The fourth-order valence-corrected chi connectivity index (χ4v) is 2.22. The van der Waals surface area contributed by atoms with Crippen LogP contribution in [0.15, 0.2) is 29.1 Å². The summed E-state index contributed by atoms with van der Waals surface area (Å²) in [5.41, 5.74) is 0.163. The Hall–Kier alpha value is -2.38. The topological polar surface area (TPSA) is 92.2 Å². The first-order chi connectivity index (χ1) is 10.5. The van der Waals surface area contributed by atoms with Gasteiger partial charge in [-0.3, -0.25) is 20.0 Å². The van der Waals surface area contributed by atoms with Gasteiger partial charge in [-0.15, -0.1) is 0 Å². The molecule has 1 aromatic carbocycles. The summed E-state index contributed by atoms with van der Waals surface area (Å²) in [6.45, 7) is 1.60. The zero-order valence-electron chi connectivity index (χ0n) is 11.2. The number of amides is 1. The van der Waals surface area contributed by atoms with E-state index in [9.17, 15) is 9.59 Å². The lowest BCUT2D eigenvalue weighted by Gasteiger charge is -2.02. The van der Waals surface area contributed by atoms with E-state index in [1.165, 1.54) is 0 Å². The Labute approximate surface area is 133 Å². The number of hydrogen-bond acceptors (Lipinski definition) is 4. The summed E-state index contributed by atoms with van der Waals surface area (Å²) in [4.78, 5) is 32.2. The van der Waals surface area contributed by atoms with E-state index in [0.717, 1.165) is 4.52 Å². The van der Waals surface area contributed by atoms with Gasteiger partial charge in [-0.25, -0.2) is 4.98 Å². The van der Waals surface area contributed by atoms with Crippen LogP contribution in [-0.2, 0) is 0 Å². The predicted octanol–water partition coefficient (Wildman–Crippen LogP) is 2.29. The largest absolute Gasteiger partial charge is 0.293 e. The van der Waals surface area contributed by atoms with Crippen molar-refractivity contribution in [2.45, 2.75) is 6.92 Å². The molecule has 0 unspecified atom stereocenters. The van der Waals surface area contributed by atoms with E-state index in [2.05, 4.69) is 20.4 Å². The number of fused-ring (bicyclic) bond motifs is 1. The molecule has 2 aromatic heterocycles. The van der Waals surface area contributed by atoms with Gasteiger partial charge in [-0.05, 0) is 19.1 Å². The van der Waals surface area contributed by atoms with E-state index in [1.54, 1.807) is 31.2 Å². The van der Waals surface area contributed by atoms with Crippen molar-refractivity contribution in [3.8, 4) is 0 Å². The number of benzene rings is 1. The van der Waals surface area contributed by atoms with Gasteiger partial charge in [0.1, 0.15) is 5.02 Å². The summed E-state index contributed by atoms with van der Waals surface area (Å²) < 4.78 is 1.05. The Morgan fingerprint density at radius 1 is 1.27 bits per heavy atom. The Morgan fingerprint density at radius 2 is 2.00 bits per heavy atom. The van der Waals surface area contributed by atoms with Crippen LogP contribution >= 0.6 is 23.2 Å². The van der Waals surface area contributed by atoms with Gasteiger partial charge in [0.2, 0.25) is 5.95 Å². The summed E-state index contributed by atoms with van der Waals surface area (Å²) in [6.07, 6.45) is 0. The maximum Gasteiger partial charge on any atom is 0.293 e. The molecule has 3 aromatic rings. The van der Waals surface area contributed by atoms with Crippen LogP contribution in [0.1, 0.15) is 16.1 Å². The number of H-pyrrole nitrogens is 1. The molecule has 22 heavy (non-hydrogen) atoms. The van der Waals surface area contributed by atoms with Gasteiger partial charge in [-0.1, -0.05) is 35.3 Å². The van der Waals surface area contributed by atoms with E-state index in [-0.39, 0.29) is 16.7 Å². The number of hydrogen-bond donors (Lipinski definition) is 2. The number of aryl methyl sites for hydroxylation is 1. The van der Waals surface area contributed by atoms with Crippen molar-refractivity contribution in [1.29, 1.82) is 0 Å². The average molecular weight is 338 g/mol. The first-order valence-electron chi connectivity index (χ1n) is 6.18. The molecule has 0 radical (unpaired) electrons. The average Bonchev–Trinajstić information content (AvgIpc) is 2.87. The molecule has 7 nitrogen and oxygen atoms in total. The number of nitrogens with one attached hydrogen (secondary N) is 2. The quantitative estimate of drug-likeness (QED) is 0.750. The van der Waals surface area contributed by atoms with Crippen LogP contribution in [0.4, 0.5) is 5.95 Å². The number of carbonyl (C=O) groups excluding carboxylic acids is 1. The summed E-state index contributed by atoms with van der Waals surface area (Å²) >= 11 is 11.8. The van der Waals surface area contributed by atoms with Crippen LogP contribution < -0.4 is 10.9 Å². The van der Waals surface area contributed by atoms with Crippen molar-refractivity contribution in [2.24, 2.45) is 0 Å². The highest BCUT2D eigenvalue weighted by molar-refractivity contribution is 6.34. The molecule has 0 aliphatic heterocycles. The van der Waals surface area contributed by atoms with Crippen LogP contribution in [0.5, 0.6) is 0 Å². The number of halogens is 2. The van der Waals surface area contributed by atoms with Crippen molar-refractivity contribution in [3.05, 3.63) is 55.9 Å². The van der Waals surface area contributed by atoms with Crippen LogP contribution in [-0.4, -0.2) is 25.5 Å². The fourth-order valence-electron chi connectivity index (χ4n) is 1.88. The molecular weight excluding hydrogens is 329 g/mol. The summed E-state index contributed by atoms with van der Waals surface area (Å²) in [5, 5.41) is 5.45. The smallest absolute Gasteiger partial charge is 0.291 e. The third-order valence-electron chi connectivity index (χ3n) is 2.96. The fraction of sp³-hybridized carbons (Fsp3) is 0.0769. The maximum absolute atomic E-state index is 12.1. The molecule has 0 fully saturated rings. The summed E-state index contributed by atoms with van der Waals surface area (Å²) in [5.74, 6) is -0.280. The molecule has 2 heterocycles. The number of nitrogens with zero attached hydrogens (tertiary/aromatic N) is 3. The monoisotopic (exact) mass is 337 g/mol. The Bertz CT molecular complexity index is 947. The lowest BCUT2D eigenvalue weighted by Crippen LogP contribution is -2.17. The van der Waals surface area contributed by atoms with Crippen molar-refractivity contribution in [1.82, 2.24) is 19.6 Å². The highest BCUT2D eigenvalue weighted by atomic mass is 35.5. The Balaban J connectivity index is 1.99. The van der Waals surface area contributed by atoms with Gasteiger partial charge >= 0.3 is 0 Å². The highest BCUT2D eigenvalue weighted by Gasteiger charge is 2.15. The van der Waals surface area contributed by atoms with E-state index in [4.69, 9.17) is 23.2 Å². The number of anilines is 1. The zero-order valence-corrected chi connectivity index (χ0v) is 12.7. The third-order valence-corrected chi connectivity index (χ3v) is 3.72. The number of carbonyl (C=O) groups is 1. The molecule has 9 heteroatoms. The molecule has 0 saturated heterocycles. The van der Waals surface area contributed by atoms with E-state index >= 15 is 0 Å². The normalized spacial score (nSPS) is 10.9. The van der Waals surface area contributed by atoms with Crippen LogP contribution in [0.2, 0.25) is 10.0 Å². The Kier molecular flexibility index (Phi) is 3.59. The van der Waals surface area contributed by atoms with Gasteiger partial charge in [0.05, 0.1) is 16.3 Å². The molecular formula is C13H9Cl2N5O2. The SMILES string of the molecule is Cc1nc2nc(NC(=O)c3ccccc3Cl)[nH]n2c(=O)c1Cl. The number of rotatable bonds is 2. The van der Waals surface area contributed by atoms with Crippen molar-refractivity contribution >= 4 is 40.8 Å². The van der Waals surface area contributed by atoms with Crippen LogP contribution in [0, 0.1) is 6.92 Å². The minimum absolute atomic E-state index is 0.00914. The highest BCUT2D eigenvalue weighted by Crippen LogP contribution is 2.16. The van der Waals surface area contributed by atoms with Gasteiger partial charge < -0.3 is 0 Å². The second-order valence-corrected chi connectivity index (χ2v) is 5.24. The van der Waals surface area contributed by atoms with Gasteiger partial charge in [0, 0.05) is 0 Å². The number of aromatic nitrogens is 4. The summed E-state index contributed by atoms with van der Waals surface area (Å²) in [6, 6.07) is 6.58. The molecule has 0 bridgehead atoms. The molecule has 1 amide bonds. The van der Waals surface area contributed by atoms with E-state index in [1.807, 2.05) is 0 Å². The molecule has 0 aliphatic rings. The van der Waals surface area contributed by atoms with Gasteiger partial charge in [-0.2, -0.15) is 9.50 Å². The molecule has 0 saturated carbocycles. The minimum Gasteiger partial charge on any atom is -0.291 e. The second kappa shape index (κ2) is 5.43. The van der Waals surface area contributed by atoms with Crippen molar-refractivity contribution in [3.63, 3.8) is 0 Å². The minimum atomic E-state index is -0.491. The van der Waals surface area contributed by atoms with Crippen molar-refractivity contribution in [2.75, 3.05) is 5.32 Å². The second-order valence-electron chi connectivity index (χ2n) is 4.46. The van der Waals surface area contributed by atoms with Gasteiger partial charge in [0.25, 0.3) is 17.2 Å². The van der Waals surface area contributed by atoms with Crippen LogP contribution in [0.3, 0.4) is 0 Å². The first-order valence-corrected chi connectivity index (χ1v) is 6.93. The third kappa shape index (κ3) is 2.44. The first kappa shape index (κ1) is 14.6. The predicted molar refractivity (Wildman–Crippen MR) is 82.8 cm³/mol. The van der Waals surface area contributed by atoms with E-state index < -0.39 is 11.5 Å². The summed E-state index contributed by atoms with van der Waals surface area (Å²) in [7, 11) is 0. The lowest BCUT2D eigenvalue weighted by atomic mass is 10.2. The maximum atomic E-state index is 12.1. The number of aromatic amines is 1. The lowest BCUT2D eigenvalue weighted by molar-refractivity contribution is 0.102. The molecule has 112 valence electrons. The molecule has 3 rings (SSSR count). The molecule has 0 spiro atoms. The molecule has 0 aliphatic carbocycles. The zero-order chi connectivity index (χ0) is 15.9. The molecule has 2 N–H and O–H groups in total. The van der Waals surface area contributed by atoms with Crippen LogP contribution in [0.25, 0.3) is 5.78 Å². The van der Waals surface area contributed by atoms with E-state index in [0.29, 0.717) is 16.3 Å². The standard InChI is InChI=1S/C13H9Cl2N5O2/c1-6-9(15)11(22)20-13(16-6)18-12(19-20)17-10(21)7-4-2-3-5-8(7)14/h2-5H,1H3,(H2,16,17,18,19,21). The van der Waals surface area contributed by atoms with Gasteiger partial charge in [0.15, 0.2) is 0 Å². The molecule has 0 atom stereocenters. The van der Waals surface area contributed by atoms with Crippen molar-refractivity contribution < 1.29 is 4.79 Å².